The molecular weight excluding hydrogens is 280 g/mol. The summed E-state index contributed by atoms with van der Waals surface area (Å²) in [6.07, 6.45) is 6.40. The summed E-state index contributed by atoms with van der Waals surface area (Å²) in [5.74, 6) is 1.30. The molecule has 6 heteroatoms. The minimum Gasteiger partial charge on any atom is -0.480 e. The van der Waals surface area contributed by atoms with Crippen LogP contribution in [0.3, 0.4) is 0 Å². The van der Waals surface area contributed by atoms with E-state index >= 15 is 0 Å². The van der Waals surface area contributed by atoms with Crippen molar-refractivity contribution < 1.29 is 9.90 Å². The minimum atomic E-state index is -0.833. The highest BCUT2D eigenvalue weighted by atomic mass is 16.4. The molecule has 2 unspecified atom stereocenters. The summed E-state index contributed by atoms with van der Waals surface area (Å²) in [7, 11) is 0. The molecular formula is C16H26N4O2. The largest absolute Gasteiger partial charge is 0.480 e. The van der Waals surface area contributed by atoms with Gasteiger partial charge in [-0.25, -0.2) is 14.8 Å². The molecule has 2 rings (SSSR count). The molecule has 2 heterocycles. The van der Waals surface area contributed by atoms with Crippen molar-refractivity contribution in [2.24, 2.45) is 5.92 Å². The molecule has 1 aliphatic rings. The van der Waals surface area contributed by atoms with Crippen molar-refractivity contribution in [3.05, 3.63) is 12.4 Å². The van der Waals surface area contributed by atoms with E-state index in [-0.39, 0.29) is 0 Å². The maximum absolute atomic E-state index is 11.3. The molecule has 6 nitrogen and oxygen atoms in total. The number of carbonyl (C=O) groups is 1. The minimum absolute atomic E-state index is 0.590. The monoisotopic (exact) mass is 306 g/mol. The third-order valence-corrected chi connectivity index (χ3v) is 4.10. The Labute approximate surface area is 132 Å². The van der Waals surface area contributed by atoms with Gasteiger partial charge in [0.25, 0.3) is 0 Å². The van der Waals surface area contributed by atoms with Gasteiger partial charge in [0, 0.05) is 19.2 Å². The van der Waals surface area contributed by atoms with Gasteiger partial charge in [0.1, 0.15) is 24.0 Å². The summed E-state index contributed by atoms with van der Waals surface area (Å²) in [6, 6.07) is 1.27. The molecule has 0 spiro atoms. The molecule has 0 bridgehead atoms. The highest BCUT2D eigenvalue weighted by Gasteiger charge is 2.20. The molecule has 0 saturated carbocycles. The van der Waals surface area contributed by atoms with Crippen LogP contribution in [0.4, 0.5) is 11.6 Å². The zero-order chi connectivity index (χ0) is 15.9. The number of nitrogens with zero attached hydrogens (tertiary/aromatic N) is 3. The smallest absolute Gasteiger partial charge is 0.326 e. The van der Waals surface area contributed by atoms with E-state index in [1.54, 1.807) is 0 Å². The van der Waals surface area contributed by atoms with E-state index in [4.69, 9.17) is 0 Å². The number of piperidine rings is 1. The summed E-state index contributed by atoms with van der Waals surface area (Å²) in [5, 5.41) is 12.3. The number of hydrogen-bond donors (Lipinski definition) is 2. The zero-order valence-corrected chi connectivity index (χ0v) is 13.5. The van der Waals surface area contributed by atoms with Crippen molar-refractivity contribution in [3.63, 3.8) is 0 Å². The lowest BCUT2D eigenvalue weighted by Gasteiger charge is -2.31. The molecule has 1 aliphatic heterocycles. The molecule has 1 aromatic rings. The third kappa shape index (κ3) is 4.58. The number of nitrogens with one attached hydrogen (secondary N) is 1. The number of carboxylic acids is 1. The predicted molar refractivity (Wildman–Crippen MR) is 87.2 cm³/mol. The maximum atomic E-state index is 11.3. The average molecular weight is 306 g/mol. The van der Waals surface area contributed by atoms with Gasteiger partial charge in [0.05, 0.1) is 0 Å². The zero-order valence-electron chi connectivity index (χ0n) is 13.5. The molecule has 2 atom stereocenters. The Bertz CT molecular complexity index is 495. The molecule has 1 aromatic heterocycles. The van der Waals surface area contributed by atoms with Crippen LogP contribution in [0.2, 0.25) is 0 Å². The third-order valence-electron chi connectivity index (χ3n) is 4.10. The summed E-state index contributed by atoms with van der Waals surface area (Å²) >= 11 is 0. The van der Waals surface area contributed by atoms with Gasteiger partial charge in [0.2, 0.25) is 0 Å². The molecule has 0 amide bonds. The number of unbranched alkanes of at least 4 members (excludes halogenated alkanes) is 1. The Morgan fingerprint density at radius 2 is 2.36 bits per heavy atom. The molecule has 1 fully saturated rings. The number of hydrogen-bond acceptors (Lipinski definition) is 5. The average Bonchev–Trinajstić information content (AvgIpc) is 2.51. The van der Waals surface area contributed by atoms with Crippen LogP contribution in [0.25, 0.3) is 0 Å². The lowest BCUT2D eigenvalue weighted by molar-refractivity contribution is -0.138. The summed E-state index contributed by atoms with van der Waals surface area (Å²) < 4.78 is 0. The van der Waals surface area contributed by atoms with Crippen molar-refractivity contribution in [1.82, 2.24) is 9.97 Å². The van der Waals surface area contributed by atoms with Gasteiger partial charge in [-0.3, -0.25) is 0 Å². The predicted octanol–water partition coefficient (Wildman–Crippen LogP) is 2.77. The lowest BCUT2D eigenvalue weighted by Crippen LogP contribution is -2.35. The second-order valence-electron chi connectivity index (χ2n) is 6.13. The molecule has 122 valence electrons. The summed E-state index contributed by atoms with van der Waals surface area (Å²) in [4.78, 5) is 22.1. The highest BCUT2D eigenvalue weighted by molar-refractivity contribution is 5.77. The maximum Gasteiger partial charge on any atom is 0.326 e. The first kappa shape index (κ1) is 16.5. The van der Waals surface area contributed by atoms with Crippen molar-refractivity contribution >= 4 is 17.6 Å². The number of carboxylic acid groups (broad SMARTS) is 1. The van der Waals surface area contributed by atoms with Crippen LogP contribution in [-0.4, -0.2) is 40.2 Å². The van der Waals surface area contributed by atoms with Gasteiger partial charge in [-0.1, -0.05) is 26.7 Å². The number of rotatable bonds is 7. The quantitative estimate of drug-likeness (QED) is 0.806. The Morgan fingerprint density at radius 1 is 1.55 bits per heavy atom. The fourth-order valence-corrected chi connectivity index (χ4v) is 2.84. The second-order valence-corrected chi connectivity index (χ2v) is 6.13. The van der Waals surface area contributed by atoms with Crippen molar-refractivity contribution in [2.45, 2.75) is 52.0 Å². The van der Waals surface area contributed by atoms with Crippen LogP contribution in [-0.2, 0) is 4.79 Å². The molecule has 2 N–H and O–H groups in total. The standard InChI is InChI=1S/C16H26N4O2/c1-3-4-7-13(16(21)22)19-14-9-15(18-11-17-14)20-8-5-6-12(2)10-20/h9,11-13H,3-8,10H2,1-2H3,(H,21,22)(H,17,18,19). The molecule has 0 aliphatic carbocycles. The lowest BCUT2D eigenvalue weighted by atomic mass is 10.0. The van der Waals surface area contributed by atoms with Gasteiger partial charge in [-0.15, -0.1) is 0 Å². The summed E-state index contributed by atoms with van der Waals surface area (Å²) in [6.45, 7) is 6.30. The SMILES string of the molecule is CCCCC(Nc1cc(N2CCCC(C)C2)ncn1)C(=O)O. The van der Waals surface area contributed by atoms with Crippen molar-refractivity contribution in [1.29, 1.82) is 0 Å². The number of aliphatic carboxylic acids is 1. The highest BCUT2D eigenvalue weighted by Crippen LogP contribution is 2.22. The van der Waals surface area contributed by atoms with Crippen LogP contribution < -0.4 is 10.2 Å². The number of aromatic nitrogens is 2. The van der Waals surface area contributed by atoms with Gasteiger partial charge in [-0.05, 0) is 25.2 Å². The van der Waals surface area contributed by atoms with Crippen LogP contribution >= 0.6 is 0 Å². The van der Waals surface area contributed by atoms with E-state index in [2.05, 4.69) is 34.0 Å². The van der Waals surface area contributed by atoms with Gasteiger partial charge in [-0.2, -0.15) is 0 Å². The normalized spacial score (nSPS) is 19.7. The van der Waals surface area contributed by atoms with Gasteiger partial charge < -0.3 is 15.3 Å². The first-order chi connectivity index (χ1) is 10.6. The van der Waals surface area contributed by atoms with Crippen LogP contribution in [0.15, 0.2) is 12.4 Å². The van der Waals surface area contributed by atoms with E-state index in [9.17, 15) is 9.90 Å². The number of anilines is 2. The van der Waals surface area contributed by atoms with E-state index in [0.717, 1.165) is 31.7 Å². The van der Waals surface area contributed by atoms with Crippen LogP contribution in [0.5, 0.6) is 0 Å². The molecule has 1 saturated heterocycles. The van der Waals surface area contributed by atoms with Crippen molar-refractivity contribution in [2.75, 3.05) is 23.3 Å². The molecule has 0 radical (unpaired) electrons. The Balaban J connectivity index is 2.05. The van der Waals surface area contributed by atoms with Crippen LogP contribution in [0.1, 0.15) is 46.0 Å². The van der Waals surface area contributed by atoms with Gasteiger partial charge >= 0.3 is 5.97 Å². The van der Waals surface area contributed by atoms with E-state index in [1.807, 2.05) is 6.07 Å². The van der Waals surface area contributed by atoms with E-state index < -0.39 is 12.0 Å². The Hall–Kier alpha value is -1.85. The fraction of sp³-hybridized carbons (Fsp3) is 0.688. The first-order valence-electron chi connectivity index (χ1n) is 8.16. The Kier molecular flexibility index (Phi) is 5.98. The topological polar surface area (TPSA) is 78.3 Å². The first-order valence-corrected chi connectivity index (χ1v) is 8.16. The van der Waals surface area contributed by atoms with E-state index in [1.165, 1.54) is 19.2 Å². The van der Waals surface area contributed by atoms with E-state index in [0.29, 0.717) is 18.2 Å². The van der Waals surface area contributed by atoms with Gasteiger partial charge in [0.15, 0.2) is 0 Å². The fourth-order valence-electron chi connectivity index (χ4n) is 2.84. The molecule has 0 aromatic carbocycles. The summed E-state index contributed by atoms with van der Waals surface area (Å²) in [5.41, 5.74) is 0. The van der Waals surface area contributed by atoms with Crippen LogP contribution in [0, 0.1) is 5.92 Å². The van der Waals surface area contributed by atoms with Crippen molar-refractivity contribution in [3.8, 4) is 0 Å². The second kappa shape index (κ2) is 7.96. The molecule has 22 heavy (non-hydrogen) atoms. The Morgan fingerprint density at radius 3 is 3.05 bits per heavy atom.